The van der Waals surface area contributed by atoms with Gasteiger partial charge in [-0.3, -0.25) is 9.59 Å². The van der Waals surface area contributed by atoms with Gasteiger partial charge in [0.15, 0.2) is 9.84 Å². The maximum atomic E-state index is 13.0. The highest BCUT2D eigenvalue weighted by Crippen LogP contribution is 2.31. The van der Waals surface area contributed by atoms with E-state index in [2.05, 4.69) is 0 Å². The number of carbonyl (C=O) groups is 2. The van der Waals surface area contributed by atoms with Crippen molar-refractivity contribution in [2.45, 2.75) is 21.5 Å². The monoisotopic (exact) mass is 423 g/mol. The Labute approximate surface area is 166 Å². The number of likely N-dealkylation sites (tertiary alicyclic amines) is 1. The Hall–Kier alpha value is -2.39. The molecule has 1 amide bonds. The van der Waals surface area contributed by atoms with Crippen LogP contribution in [-0.4, -0.2) is 49.1 Å². The molecule has 1 fully saturated rings. The molecular formula is C19H18FNO5S2. The first-order valence-electron chi connectivity index (χ1n) is 8.44. The molecule has 6 nitrogen and oxygen atoms in total. The van der Waals surface area contributed by atoms with E-state index < -0.39 is 32.9 Å². The summed E-state index contributed by atoms with van der Waals surface area (Å²) in [5.41, 5.74) is 1.53. The summed E-state index contributed by atoms with van der Waals surface area (Å²) in [5, 5.41) is 8.12. The Bertz CT molecular complexity index is 990. The minimum Gasteiger partial charge on any atom is -0.481 e. The largest absolute Gasteiger partial charge is 0.481 e. The predicted molar refractivity (Wildman–Crippen MR) is 103 cm³/mol. The van der Waals surface area contributed by atoms with Gasteiger partial charge in [0.1, 0.15) is 0 Å². The van der Waals surface area contributed by atoms with Crippen molar-refractivity contribution in [3.63, 3.8) is 0 Å². The van der Waals surface area contributed by atoms with Gasteiger partial charge in [-0.2, -0.15) is 3.89 Å². The number of carboxylic acids is 1. The van der Waals surface area contributed by atoms with Crippen molar-refractivity contribution < 1.29 is 27.0 Å². The van der Waals surface area contributed by atoms with Gasteiger partial charge in [-0.25, -0.2) is 8.42 Å². The van der Waals surface area contributed by atoms with Gasteiger partial charge in [-0.1, -0.05) is 24.3 Å². The molecular weight excluding hydrogens is 405 g/mol. The van der Waals surface area contributed by atoms with Crippen LogP contribution in [-0.2, 0) is 19.4 Å². The van der Waals surface area contributed by atoms with Crippen LogP contribution in [0.3, 0.4) is 0 Å². The molecule has 1 unspecified atom stereocenters. The first kappa shape index (κ1) is 20.3. The molecule has 0 bridgehead atoms. The molecule has 0 spiro atoms. The van der Waals surface area contributed by atoms with Crippen molar-refractivity contribution in [2.24, 2.45) is 5.92 Å². The molecule has 2 atom stereocenters. The lowest BCUT2D eigenvalue weighted by atomic mass is 9.97. The van der Waals surface area contributed by atoms with Crippen molar-refractivity contribution in [2.75, 3.05) is 13.6 Å². The molecule has 0 radical (unpaired) electrons. The normalized spacial score (nSPS) is 20.2. The van der Waals surface area contributed by atoms with Crippen molar-refractivity contribution in [3.05, 3.63) is 48.5 Å². The Morgan fingerprint density at radius 3 is 2.14 bits per heavy atom. The second-order valence-corrected chi connectivity index (χ2v) is 9.43. The molecule has 148 valence electrons. The number of carbonyl (C=O) groups excluding carboxylic acids is 1. The summed E-state index contributed by atoms with van der Waals surface area (Å²) in [6, 6.07) is 12.7. The molecule has 3 rings (SSSR count). The quantitative estimate of drug-likeness (QED) is 0.795. The second-order valence-electron chi connectivity index (χ2n) is 6.63. The molecule has 1 aliphatic rings. The van der Waals surface area contributed by atoms with Gasteiger partial charge >= 0.3 is 5.97 Å². The maximum Gasteiger partial charge on any atom is 0.309 e. The zero-order valence-corrected chi connectivity index (χ0v) is 16.5. The number of amides is 1. The van der Waals surface area contributed by atoms with E-state index in [0.717, 1.165) is 11.1 Å². The van der Waals surface area contributed by atoms with Crippen molar-refractivity contribution in [1.82, 2.24) is 4.90 Å². The SMILES string of the molecule is CN1CC(C(=O)O)[C@H](S(=O)(=O)c2ccc(-c3ccc(SF)cc3)cc2)CC1=O. The van der Waals surface area contributed by atoms with Gasteiger partial charge in [-0.15, -0.1) is 0 Å². The Kier molecular flexibility index (Phi) is 5.76. The van der Waals surface area contributed by atoms with E-state index in [0.29, 0.717) is 4.90 Å². The standard InChI is InChI=1S/C19H18FNO5S2/c1-21-11-16(19(23)24)17(10-18(21)22)28(25,26)15-8-4-13(5-9-15)12-2-6-14(27-20)7-3-12/h2-9,16-17H,10-11H2,1H3,(H,23,24)/t16?,17-/m1/s1. The lowest BCUT2D eigenvalue weighted by Gasteiger charge is -2.33. The maximum absolute atomic E-state index is 13.0. The molecule has 0 saturated carbocycles. The summed E-state index contributed by atoms with van der Waals surface area (Å²) in [4.78, 5) is 25.2. The fourth-order valence-corrected chi connectivity index (χ4v) is 5.36. The molecule has 1 heterocycles. The third-order valence-corrected chi connectivity index (χ3v) is 7.57. The number of hydrogen-bond acceptors (Lipinski definition) is 5. The highest BCUT2D eigenvalue weighted by molar-refractivity contribution is 7.94. The van der Waals surface area contributed by atoms with Crippen molar-refractivity contribution in [3.8, 4) is 11.1 Å². The molecule has 9 heteroatoms. The topological polar surface area (TPSA) is 91.8 Å². The predicted octanol–water partition coefficient (Wildman–Crippen LogP) is 3.04. The molecule has 2 aromatic carbocycles. The number of piperidine rings is 1. The number of nitrogens with zero attached hydrogens (tertiary/aromatic N) is 1. The summed E-state index contributed by atoms with van der Waals surface area (Å²) in [6.07, 6.45) is -0.361. The first-order chi connectivity index (χ1) is 13.2. The van der Waals surface area contributed by atoms with Crippen LogP contribution in [0.15, 0.2) is 58.3 Å². The van der Waals surface area contributed by atoms with Crippen LogP contribution < -0.4 is 0 Å². The number of carboxylic acid groups (broad SMARTS) is 1. The van der Waals surface area contributed by atoms with Gasteiger partial charge in [-0.05, 0) is 35.4 Å². The fourth-order valence-electron chi connectivity index (χ4n) is 3.26. The third-order valence-electron chi connectivity index (χ3n) is 4.90. The molecule has 0 aromatic heterocycles. The summed E-state index contributed by atoms with van der Waals surface area (Å²) >= 11 is 0.139. The van der Waals surface area contributed by atoms with Crippen LogP contribution in [0.5, 0.6) is 0 Å². The molecule has 1 saturated heterocycles. The Morgan fingerprint density at radius 2 is 1.64 bits per heavy atom. The van der Waals surface area contributed by atoms with Gasteiger partial charge in [0.2, 0.25) is 5.91 Å². The van der Waals surface area contributed by atoms with Crippen LogP contribution >= 0.6 is 12.1 Å². The van der Waals surface area contributed by atoms with Crippen LogP contribution in [0.2, 0.25) is 0 Å². The minimum atomic E-state index is -4.00. The van der Waals surface area contributed by atoms with Crippen LogP contribution in [0, 0.1) is 5.92 Å². The number of sulfone groups is 1. The van der Waals surface area contributed by atoms with Crippen LogP contribution in [0.25, 0.3) is 11.1 Å². The van der Waals surface area contributed by atoms with E-state index in [1.807, 2.05) is 0 Å². The number of benzene rings is 2. The van der Waals surface area contributed by atoms with Crippen molar-refractivity contribution >= 4 is 33.9 Å². The number of hydrogen-bond donors (Lipinski definition) is 1. The number of aliphatic carboxylic acids is 1. The molecule has 2 aromatic rings. The van der Waals surface area contributed by atoms with E-state index >= 15 is 0 Å². The van der Waals surface area contributed by atoms with Gasteiger partial charge < -0.3 is 10.0 Å². The van der Waals surface area contributed by atoms with Gasteiger partial charge in [0, 0.05) is 24.9 Å². The van der Waals surface area contributed by atoms with E-state index in [9.17, 15) is 27.0 Å². The zero-order valence-electron chi connectivity index (χ0n) is 14.9. The average molecular weight is 423 g/mol. The summed E-state index contributed by atoms with van der Waals surface area (Å²) in [7, 11) is -2.54. The van der Waals surface area contributed by atoms with Crippen LogP contribution in [0.4, 0.5) is 3.89 Å². The average Bonchev–Trinajstić information content (AvgIpc) is 2.69. The summed E-state index contributed by atoms with van der Waals surface area (Å²) < 4.78 is 38.6. The summed E-state index contributed by atoms with van der Waals surface area (Å²) in [5.74, 6) is -2.82. The molecule has 1 aliphatic heterocycles. The van der Waals surface area contributed by atoms with E-state index in [1.54, 1.807) is 36.4 Å². The summed E-state index contributed by atoms with van der Waals surface area (Å²) in [6.45, 7) is -0.144. The van der Waals surface area contributed by atoms with Gasteiger partial charge in [0.05, 0.1) is 28.2 Å². The second kappa shape index (κ2) is 7.92. The molecule has 28 heavy (non-hydrogen) atoms. The smallest absolute Gasteiger partial charge is 0.309 e. The molecule has 1 N–H and O–H groups in total. The third kappa shape index (κ3) is 3.90. The highest BCUT2D eigenvalue weighted by Gasteiger charge is 2.45. The van der Waals surface area contributed by atoms with E-state index in [4.69, 9.17) is 0 Å². The Morgan fingerprint density at radius 1 is 1.11 bits per heavy atom. The lowest BCUT2D eigenvalue weighted by Crippen LogP contribution is -2.50. The zero-order chi connectivity index (χ0) is 20.5. The first-order valence-corrected chi connectivity index (χ1v) is 10.7. The van der Waals surface area contributed by atoms with Crippen molar-refractivity contribution in [1.29, 1.82) is 0 Å². The van der Waals surface area contributed by atoms with E-state index in [-0.39, 0.29) is 30.0 Å². The van der Waals surface area contributed by atoms with E-state index in [1.165, 1.54) is 24.1 Å². The molecule has 0 aliphatic carbocycles. The van der Waals surface area contributed by atoms with Gasteiger partial charge in [0.25, 0.3) is 0 Å². The fraction of sp³-hybridized carbons (Fsp3) is 0.263. The number of halogens is 1. The lowest BCUT2D eigenvalue weighted by molar-refractivity contribution is -0.146. The highest BCUT2D eigenvalue weighted by atomic mass is 32.2. The Balaban J connectivity index is 1.90. The minimum absolute atomic E-state index is 0.0270. The van der Waals surface area contributed by atoms with Crippen LogP contribution in [0.1, 0.15) is 6.42 Å². The number of rotatable bonds is 5.